The fourth-order valence-electron chi connectivity index (χ4n) is 0.814. The van der Waals surface area contributed by atoms with Gasteiger partial charge in [0, 0.05) is 0 Å². The molecule has 2 aromatic rings. The lowest BCUT2D eigenvalue weighted by Gasteiger charge is -1.88. The molecule has 0 saturated heterocycles. The summed E-state index contributed by atoms with van der Waals surface area (Å²) in [7, 11) is 0. The minimum Gasteiger partial charge on any atom is -0.382 e. The van der Waals surface area contributed by atoms with Gasteiger partial charge in [0.2, 0.25) is 0 Å². The van der Waals surface area contributed by atoms with Gasteiger partial charge in [0.05, 0.1) is 0 Å². The molecule has 0 aromatic carbocycles. The maximum atomic E-state index is 5.48. The number of nitrogen functional groups attached to an aromatic ring is 2. The van der Waals surface area contributed by atoms with Gasteiger partial charge in [-0.2, -0.15) is 15.2 Å². The van der Waals surface area contributed by atoms with Crippen LogP contribution < -0.4 is 11.5 Å². The lowest BCUT2D eigenvalue weighted by atomic mass is 10.5. The number of H-pyrrole nitrogens is 2. The number of hydrogen-bond acceptors (Lipinski definition) is 7. The molecule has 2 rings (SSSR count). The summed E-state index contributed by atoms with van der Waals surface area (Å²) in [5.74, 6) is 0.710. The van der Waals surface area contributed by atoms with Crippen molar-refractivity contribution in [2.75, 3.05) is 11.5 Å². The number of anilines is 2. The van der Waals surface area contributed by atoms with Crippen LogP contribution in [-0.4, -0.2) is 25.4 Å². The molecule has 0 atom stereocenters. The molecule has 0 radical (unpaired) electrons. The summed E-state index contributed by atoms with van der Waals surface area (Å²) in [4.78, 5) is 3.74. The maximum Gasteiger partial charge on any atom is 0.264 e. The van der Waals surface area contributed by atoms with Gasteiger partial charge in [-0.05, 0) is 0 Å². The van der Waals surface area contributed by atoms with Crippen LogP contribution in [0.3, 0.4) is 0 Å². The Morgan fingerprint density at radius 2 is 2.07 bits per heavy atom. The van der Waals surface area contributed by atoms with E-state index in [9.17, 15) is 0 Å². The van der Waals surface area contributed by atoms with Gasteiger partial charge in [-0.15, -0.1) is 10.2 Å². The summed E-state index contributed by atoms with van der Waals surface area (Å²) in [6, 6.07) is 0. The summed E-state index contributed by atoms with van der Waals surface area (Å²) in [6.45, 7) is 0. The van der Waals surface area contributed by atoms with Crippen LogP contribution in [-0.2, 0) is 0 Å². The standard InChI is InChI=1S/C5H7N9/c6-3-2(4(7)12-11-3)10-14-5-8-1-9-13-5/h1H,(H,8,9,13)(H5,6,7,11,12). The average Bonchev–Trinajstić information content (AvgIpc) is 2.76. The van der Waals surface area contributed by atoms with Gasteiger partial charge in [0.15, 0.2) is 11.5 Å². The molecule has 2 aromatic heterocycles. The quantitative estimate of drug-likeness (QED) is 0.499. The van der Waals surface area contributed by atoms with Gasteiger partial charge in [0.25, 0.3) is 5.95 Å². The molecule has 2 heterocycles. The van der Waals surface area contributed by atoms with E-state index in [1.54, 1.807) is 0 Å². The zero-order chi connectivity index (χ0) is 9.97. The average molecular weight is 193 g/mol. The summed E-state index contributed by atoms with van der Waals surface area (Å²) in [6.07, 6.45) is 1.32. The topological polar surface area (TPSA) is 147 Å². The van der Waals surface area contributed by atoms with E-state index < -0.39 is 0 Å². The van der Waals surface area contributed by atoms with Crippen LogP contribution >= 0.6 is 0 Å². The van der Waals surface area contributed by atoms with Gasteiger partial charge in [-0.25, -0.2) is 5.10 Å². The predicted molar refractivity (Wildman–Crippen MR) is 48.0 cm³/mol. The maximum absolute atomic E-state index is 5.48. The molecule has 0 saturated carbocycles. The van der Waals surface area contributed by atoms with Crippen LogP contribution in [0.2, 0.25) is 0 Å². The highest BCUT2D eigenvalue weighted by Crippen LogP contribution is 2.26. The third kappa shape index (κ3) is 1.37. The molecule has 72 valence electrons. The number of nitrogens with two attached hydrogens (primary N) is 2. The van der Waals surface area contributed by atoms with Crippen LogP contribution in [0.25, 0.3) is 0 Å². The highest BCUT2D eigenvalue weighted by atomic mass is 15.3. The second-order valence-corrected chi connectivity index (χ2v) is 2.38. The van der Waals surface area contributed by atoms with Crippen LogP contribution in [0, 0.1) is 0 Å². The first-order valence-electron chi connectivity index (χ1n) is 3.64. The minimum atomic E-state index is 0.186. The van der Waals surface area contributed by atoms with E-state index in [2.05, 4.69) is 35.6 Å². The second kappa shape index (κ2) is 3.12. The van der Waals surface area contributed by atoms with Crippen LogP contribution in [0.15, 0.2) is 16.6 Å². The molecule has 14 heavy (non-hydrogen) atoms. The Kier molecular flexibility index (Phi) is 1.82. The van der Waals surface area contributed by atoms with E-state index >= 15 is 0 Å². The fraction of sp³-hybridized carbons (Fsp3) is 0. The number of azo groups is 1. The summed E-state index contributed by atoms with van der Waals surface area (Å²) in [5, 5.41) is 19.7. The van der Waals surface area contributed by atoms with E-state index in [1.807, 2.05) is 0 Å². The Bertz CT molecular complexity index is 418. The van der Waals surface area contributed by atoms with Crippen molar-refractivity contribution in [1.29, 1.82) is 0 Å². The third-order valence-electron chi connectivity index (χ3n) is 1.44. The number of aromatic nitrogens is 5. The molecular weight excluding hydrogens is 186 g/mol. The molecule has 0 aliphatic carbocycles. The highest BCUT2D eigenvalue weighted by Gasteiger charge is 2.06. The lowest BCUT2D eigenvalue weighted by molar-refractivity contribution is 1.05. The van der Waals surface area contributed by atoms with Crippen molar-refractivity contribution in [2.45, 2.75) is 0 Å². The number of aromatic amines is 2. The normalized spacial score (nSPS) is 11.1. The van der Waals surface area contributed by atoms with Crippen LogP contribution in [0.4, 0.5) is 23.3 Å². The van der Waals surface area contributed by atoms with E-state index in [1.165, 1.54) is 6.33 Å². The molecule has 0 unspecified atom stereocenters. The molecule has 0 aliphatic heterocycles. The zero-order valence-corrected chi connectivity index (χ0v) is 6.97. The van der Waals surface area contributed by atoms with Crippen molar-refractivity contribution < 1.29 is 0 Å². The largest absolute Gasteiger partial charge is 0.382 e. The summed E-state index contributed by atoms with van der Waals surface area (Å²) < 4.78 is 0. The zero-order valence-electron chi connectivity index (χ0n) is 6.97. The summed E-state index contributed by atoms with van der Waals surface area (Å²) >= 11 is 0. The van der Waals surface area contributed by atoms with Crippen molar-refractivity contribution in [3.8, 4) is 0 Å². The number of rotatable bonds is 2. The van der Waals surface area contributed by atoms with Crippen molar-refractivity contribution in [1.82, 2.24) is 25.4 Å². The number of nitrogens with one attached hydrogen (secondary N) is 2. The predicted octanol–water partition coefficient (Wildman–Crippen LogP) is 0.108. The number of nitrogens with zero attached hydrogens (tertiary/aromatic N) is 5. The Hall–Kier alpha value is -2.45. The van der Waals surface area contributed by atoms with E-state index in [0.29, 0.717) is 5.69 Å². The molecule has 9 heteroatoms. The van der Waals surface area contributed by atoms with Gasteiger partial charge in [-0.3, -0.25) is 5.10 Å². The first-order chi connectivity index (χ1) is 6.77. The molecule has 0 spiro atoms. The second-order valence-electron chi connectivity index (χ2n) is 2.38. The fourth-order valence-corrected chi connectivity index (χ4v) is 0.814. The van der Waals surface area contributed by atoms with E-state index in [0.717, 1.165) is 0 Å². The van der Waals surface area contributed by atoms with Gasteiger partial charge in [0.1, 0.15) is 12.1 Å². The number of hydrogen-bond donors (Lipinski definition) is 4. The van der Waals surface area contributed by atoms with Gasteiger partial charge < -0.3 is 11.5 Å². The Morgan fingerprint density at radius 1 is 1.21 bits per heavy atom. The van der Waals surface area contributed by atoms with E-state index in [4.69, 9.17) is 11.5 Å². The van der Waals surface area contributed by atoms with Crippen molar-refractivity contribution in [2.24, 2.45) is 10.2 Å². The Morgan fingerprint density at radius 3 is 2.64 bits per heavy atom. The Balaban J connectivity index is 2.26. The highest BCUT2D eigenvalue weighted by molar-refractivity contribution is 5.70. The molecule has 0 fully saturated rings. The van der Waals surface area contributed by atoms with Crippen LogP contribution in [0.1, 0.15) is 0 Å². The SMILES string of the molecule is Nc1n[nH]c(N)c1N=Nc1ncn[nH]1. The lowest BCUT2D eigenvalue weighted by Crippen LogP contribution is -1.84. The third-order valence-corrected chi connectivity index (χ3v) is 1.44. The molecule has 6 N–H and O–H groups in total. The minimum absolute atomic E-state index is 0.186. The van der Waals surface area contributed by atoms with Gasteiger partial charge in [-0.1, -0.05) is 0 Å². The molecule has 0 amide bonds. The van der Waals surface area contributed by atoms with Crippen molar-refractivity contribution >= 4 is 23.3 Å². The smallest absolute Gasteiger partial charge is 0.264 e. The molecule has 9 nitrogen and oxygen atoms in total. The molecule has 0 aliphatic rings. The Labute approximate surface area is 77.6 Å². The van der Waals surface area contributed by atoms with Crippen molar-refractivity contribution in [3.63, 3.8) is 0 Å². The first kappa shape index (κ1) is 8.16. The van der Waals surface area contributed by atoms with Crippen LogP contribution in [0.5, 0.6) is 0 Å². The van der Waals surface area contributed by atoms with Gasteiger partial charge >= 0.3 is 0 Å². The summed E-state index contributed by atoms with van der Waals surface area (Å²) in [5.41, 5.74) is 11.2. The van der Waals surface area contributed by atoms with Crippen molar-refractivity contribution in [3.05, 3.63) is 6.33 Å². The van der Waals surface area contributed by atoms with E-state index in [-0.39, 0.29) is 17.6 Å². The first-order valence-corrected chi connectivity index (χ1v) is 3.64. The molecular formula is C5H7N9. The monoisotopic (exact) mass is 193 g/mol. The molecule has 0 bridgehead atoms.